The number of rotatable bonds is 2. The number of nitrogens with zero attached hydrogens (tertiary/aromatic N) is 2. The monoisotopic (exact) mass is 415 g/mol. The minimum atomic E-state index is -0.406. The maximum atomic E-state index is 5.09. The van der Waals surface area contributed by atoms with Gasteiger partial charge in [-0.1, -0.05) is 0 Å². The van der Waals surface area contributed by atoms with E-state index in [0.717, 1.165) is 4.36 Å². The molecular formula is C19H38CoN2P2. The summed E-state index contributed by atoms with van der Waals surface area (Å²) in [5, 5.41) is 0.917. The van der Waals surface area contributed by atoms with Crippen LogP contribution in [0.2, 0.25) is 0 Å². The van der Waals surface area contributed by atoms with Crippen LogP contribution in [0.5, 0.6) is 0 Å². The molecule has 5 heteroatoms. The van der Waals surface area contributed by atoms with Gasteiger partial charge in [0.1, 0.15) is 0 Å². The maximum absolute atomic E-state index is 5.09. The van der Waals surface area contributed by atoms with Crippen molar-refractivity contribution in [3.63, 3.8) is 0 Å². The third-order valence-electron chi connectivity index (χ3n) is 3.68. The molecule has 0 spiro atoms. The van der Waals surface area contributed by atoms with E-state index < -0.39 is 16.1 Å². The first-order chi connectivity index (χ1) is 10.4. The Morgan fingerprint density at radius 2 is 0.792 bits per heavy atom. The Bertz CT molecular complexity index is 535. The number of hydrogen-bond donors (Lipinski definition) is 0. The summed E-state index contributed by atoms with van der Waals surface area (Å²) >= 11 is 5.09. The summed E-state index contributed by atoms with van der Waals surface area (Å²) in [4.78, 5) is 0. The predicted molar refractivity (Wildman–Crippen MR) is 109 cm³/mol. The van der Waals surface area contributed by atoms with E-state index in [1.54, 1.807) is 0 Å². The molecule has 0 aliphatic heterocycles. The Kier molecular flexibility index (Phi) is 6.55. The Balaban J connectivity index is 3.59. The van der Waals surface area contributed by atoms with Gasteiger partial charge in [-0.15, -0.1) is 0 Å². The molecule has 0 amide bonds. The summed E-state index contributed by atoms with van der Waals surface area (Å²) < 4.78 is 6.03. The van der Waals surface area contributed by atoms with E-state index in [0.29, 0.717) is 0 Å². The van der Waals surface area contributed by atoms with Gasteiger partial charge in [0.15, 0.2) is 0 Å². The van der Waals surface area contributed by atoms with Crippen LogP contribution in [0, 0.1) is 4.36 Å². The molecule has 1 heterocycles. The van der Waals surface area contributed by atoms with Gasteiger partial charge in [-0.2, -0.15) is 0 Å². The molecule has 0 aliphatic carbocycles. The number of aromatic nitrogens is 2. The second-order valence-electron chi connectivity index (χ2n) is 10.5. The molecule has 143 valence electrons. The first kappa shape index (κ1) is 22.6. The summed E-state index contributed by atoms with van der Waals surface area (Å²) in [6.45, 7) is 28.3. The van der Waals surface area contributed by atoms with Crippen molar-refractivity contribution in [1.29, 1.82) is 0 Å². The molecule has 0 saturated carbocycles. The molecule has 2 nitrogen and oxygen atoms in total. The first-order valence-electron chi connectivity index (χ1n) is 8.76. The van der Waals surface area contributed by atoms with Crippen molar-refractivity contribution in [1.82, 2.24) is 8.68 Å². The van der Waals surface area contributed by atoms with Crippen molar-refractivity contribution < 1.29 is 15.3 Å². The average molecular weight is 415 g/mol. The second-order valence-corrected chi connectivity index (χ2v) is 18.5. The van der Waals surface area contributed by atoms with E-state index in [1.165, 1.54) is 0 Å². The van der Waals surface area contributed by atoms with Crippen molar-refractivity contribution in [2.24, 2.45) is 0 Å². The van der Waals surface area contributed by atoms with Gasteiger partial charge in [0.25, 0.3) is 0 Å². The van der Waals surface area contributed by atoms with E-state index in [-0.39, 0.29) is 20.6 Å². The number of hydrogen-bond acceptors (Lipinski definition) is 0. The van der Waals surface area contributed by atoms with Crippen molar-refractivity contribution in [2.75, 3.05) is 0 Å². The molecule has 0 unspecified atom stereocenters. The normalized spacial score (nSPS) is 14.8. The molecule has 0 radical (unpaired) electrons. The Hall–Kier alpha value is 0.576. The van der Waals surface area contributed by atoms with Gasteiger partial charge in [0, 0.05) is 0 Å². The first-order valence-corrected chi connectivity index (χ1v) is 11.9. The molecule has 0 aliphatic rings. The molecule has 0 N–H and O–H groups in total. The van der Waals surface area contributed by atoms with Crippen LogP contribution in [0.15, 0.2) is 12.4 Å². The molecular weight excluding hydrogens is 377 g/mol. The van der Waals surface area contributed by atoms with Crippen LogP contribution in [0.4, 0.5) is 0 Å². The molecule has 1 aromatic heterocycles. The molecule has 0 atom stereocenters. The minimum absolute atomic E-state index is 0.229. The van der Waals surface area contributed by atoms with Crippen molar-refractivity contribution >= 4 is 16.1 Å². The molecule has 0 aromatic carbocycles. The van der Waals surface area contributed by atoms with Gasteiger partial charge in [0.2, 0.25) is 0 Å². The molecule has 0 fully saturated rings. The van der Waals surface area contributed by atoms with E-state index in [4.69, 9.17) is 15.3 Å². The zero-order valence-corrected chi connectivity index (χ0v) is 20.6. The van der Waals surface area contributed by atoms with Crippen LogP contribution < -0.4 is 0 Å². The predicted octanol–water partition coefficient (Wildman–Crippen LogP) is 7.05. The Morgan fingerprint density at radius 1 is 0.583 bits per heavy atom. The second kappa shape index (κ2) is 6.95. The van der Waals surface area contributed by atoms with Crippen molar-refractivity contribution in [3.05, 3.63) is 16.8 Å². The summed E-state index contributed by atoms with van der Waals surface area (Å²) in [5.41, 5.74) is 0. The van der Waals surface area contributed by atoms with Gasteiger partial charge in [-0.25, -0.2) is 0 Å². The quantitative estimate of drug-likeness (QED) is 0.458. The van der Waals surface area contributed by atoms with E-state index >= 15 is 0 Å². The fourth-order valence-electron chi connectivity index (χ4n) is 3.94. The zero-order valence-electron chi connectivity index (χ0n) is 17.8. The van der Waals surface area contributed by atoms with Crippen LogP contribution >= 0.6 is 16.1 Å². The molecule has 24 heavy (non-hydrogen) atoms. The fourth-order valence-corrected chi connectivity index (χ4v) is 12.3. The van der Waals surface area contributed by atoms with E-state index in [1.807, 2.05) is 0 Å². The van der Waals surface area contributed by atoms with Gasteiger partial charge < -0.3 is 0 Å². The standard InChI is InChI=1S/C19H38N2P2.Co/c1-16(2,3)22(17(4,5)6)20-13-14-21(15-20)23(18(7,8)9)19(10,11)12;/h13-14H,1-12H3;. The summed E-state index contributed by atoms with van der Waals surface area (Å²) in [6.07, 6.45) is 4.55. The van der Waals surface area contributed by atoms with Gasteiger partial charge in [0.05, 0.1) is 0 Å². The Labute approximate surface area is 160 Å². The topological polar surface area (TPSA) is 9.86 Å². The van der Waals surface area contributed by atoms with E-state index in [2.05, 4.69) is 104 Å². The van der Waals surface area contributed by atoms with Crippen LogP contribution in [0.25, 0.3) is 0 Å². The molecule has 1 aromatic rings. The zero-order chi connectivity index (χ0) is 19.3. The SMILES string of the molecule is CC(C)(C)P(n1ccn(P(C(C)(C)C)C(C)(C)C)[c]1=[Co])C(C)(C)C. The number of imidazole rings is 1. The van der Waals surface area contributed by atoms with Crippen molar-refractivity contribution in [3.8, 4) is 0 Å². The van der Waals surface area contributed by atoms with Gasteiger partial charge in [-0.3, -0.25) is 0 Å². The third kappa shape index (κ3) is 5.06. The molecule has 0 saturated heterocycles. The van der Waals surface area contributed by atoms with Crippen molar-refractivity contribution in [2.45, 2.75) is 104 Å². The molecule has 0 bridgehead atoms. The summed E-state index contributed by atoms with van der Waals surface area (Å²) in [7, 11) is -0.813. The summed E-state index contributed by atoms with van der Waals surface area (Å²) in [5.74, 6) is 0. The summed E-state index contributed by atoms with van der Waals surface area (Å²) in [6, 6.07) is 0. The van der Waals surface area contributed by atoms with Crippen LogP contribution in [0.3, 0.4) is 0 Å². The van der Waals surface area contributed by atoms with Gasteiger partial charge >= 0.3 is 161 Å². The van der Waals surface area contributed by atoms with Crippen LogP contribution in [0.1, 0.15) is 83.1 Å². The third-order valence-corrected chi connectivity index (χ3v) is 11.1. The Morgan fingerprint density at radius 3 is 0.958 bits per heavy atom. The van der Waals surface area contributed by atoms with Crippen LogP contribution in [-0.4, -0.2) is 29.3 Å². The van der Waals surface area contributed by atoms with Gasteiger partial charge in [-0.05, 0) is 0 Å². The van der Waals surface area contributed by atoms with Crippen LogP contribution in [-0.2, 0) is 15.3 Å². The molecule has 1 rings (SSSR count). The van der Waals surface area contributed by atoms with E-state index in [9.17, 15) is 0 Å². The average Bonchev–Trinajstić information content (AvgIpc) is 2.54. The fraction of sp³-hybridized carbons (Fsp3) is 0.842.